The monoisotopic (exact) mass is 308 g/mol. The van der Waals surface area contributed by atoms with Crippen LogP contribution in [0.15, 0.2) is 6.20 Å². The maximum Gasteiger partial charge on any atom is 0.391 e. The molecule has 1 aliphatic rings. The van der Waals surface area contributed by atoms with E-state index in [0.29, 0.717) is 0 Å². The summed E-state index contributed by atoms with van der Waals surface area (Å²) >= 11 is 5.68. The van der Waals surface area contributed by atoms with Crippen LogP contribution >= 0.6 is 11.6 Å². The Balaban J connectivity index is 2.46. The van der Waals surface area contributed by atoms with Crippen LogP contribution in [0.2, 0.25) is 5.28 Å². The van der Waals surface area contributed by atoms with Crippen LogP contribution in [0.4, 0.5) is 24.7 Å². The van der Waals surface area contributed by atoms with Crippen molar-refractivity contribution >= 4 is 29.0 Å². The Bertz CT molecular complexity index is 535. The number of nitrogens with zero attached hydrogens (tertiary/aromatic N) is 3. The number of amides is 1. The van der Waals surface area contributed by atoms with E-state index in [0.717, 1.165) is 0 Å². The molecule has 110 valence electrons. The molecule has 20 heavy (non-hydrogen) atoms. The van der Waals surface area contributed by atoms with E-state index in [-0.39, 0.29) is 22.8 Å². The first-order valence-electron chi connectivity index (χ1n) is 5.87. The quantitative estimate of drug-likeness (QED) is 0.853. The molecule has 0 aromatic carbocycles. The van der Waals surface area contributed by atoms with Gasteiger partial charge in [-0.3, -0.25) is 4.79 Å². The topological polar surface area (TPSA) is 58.1 Å². The lowest BCUT2D eigenvalue weighted by Gasteiger charge is -2.39. The van der Waals surface area contributed by atoms with Crippen LogP contribution in [0.25, 0.3) is 0 Å². The molecule has 0 aliphatic carbocycles. The molecule has 9 heteroatoms. The van der Waals surface area contributed by atoms with Crippen molar-refractivity contribution < 1.29 is 18.0 Å². The smallest absolute Gasteiger partial charge is 0.340 e. The van der Waals surface area contributed by atoms with Crippen LogP contribution in [0.5, 0.6) is 0 Å². The first kappa shape index (κ1) is 14.8. The van der Waals surface area contributed by atoms with Crippen molar-refractivity contribution in [2.24, 2.45) is 0 Å². The zero-order valence-corrected chi connectivity index (χ0v) is 11.5. The van der Waals surface area contributed by atoms with Crippen molar-refractivity contribution in [2.75, 3.05) is 10.2 Å². The predicted octanol–water partition coefficient (Wildman–Crippen LogP) is 2.62. The molecule has 1 atom stereocenters. The van der Waals surface area contributed by atoms with Crippen LogP contribution in [0.1, 0.15) is 20.3 Å². The molecule has 0 radical (unpaired) electrons. The van der Waals surface area contributed by atoms with Crippen molar-refractivity contribution in [2.45, 2.75) is 38.5 Å². The maximum atomic E-state index is 12.6. The number of carbonyl (C=O) groups is 1. The summed E-state index contributed by atoms with van der Waals surface area (Å²) in [5, 5.41) is 2.29. The predicted molar refractivity (Wildman–Crippen MR) is 67.7 cm³/mol. The minimum atomic E-state index is -4.45. The van der Waals surface area contributed by atoms with E-state index in [1.165, 1.54) is 11.1 Å². The van der Waals surface area contributed by atoms with E-state index >= 15 is 0 Å². The van der Waals surface area contributed by atoms with Crippen molar-refractivity contribution in [3.63, 3.8) is 0 Å². The number of carbonyl (C=O) groups excluding carboxylic acids is 1. The van der Waals surface area contributed by atoms with Gasteiger partial charge in [-0.2, -0.15) is 18.2 Å². The van der Waals surface area contributed by atoms with E-state index in [2.05, 4.69) is 15.3 Å². The molecule has 0 saturated heterocycles. The van der Waals surface area contributed by atoms with Gasteiger partial charge in [0.25, 0.3) is 0 Å². The lowest BCUT2D eigenvalue weighted by atomic mass is 10.1. The summed E-state index contributed by atoms with van der Waals surface area (Å²) in [6, 6.07) is -1.72. The molecule has 1 N–H and O–H groups in total. The number of hydrogen-bond acceptors (Lipinski definition) is 4. The molecule has 2 heterocycles. The Morgan fingerprint density at radius 3 is 2.70 bits per heavy atom. The summed E-state index contributed by atoms with van der Waals surface area (Å²) in [5.41, 5.74) is 0.256. The first-order chi connectivity index (χ1) is 9.19. The summed E-state index contributed by atoms with van der Waals surface area (Å²) in [4.78, 5) is 20.8. The Kier molecular flexibility index (Phi) is 3.77. The van der Waals surface area contributed by atoms with Crippen molar-refractivity contribution in [3.05, 3.63) is 11.5 Å². The van der Waals surface area contributed by atoms with Gasteiger partial charge < -0.3 is 10.2 Å². The molecule has 1 aromatic heterocycles. The van der Waals surface area contributed by atoms with Gasteiger partial charge in [0.1, 0.15) is 11.7 Å². The number of hydrogen-bond donors (Lipinski definition) is 1. The average Bonchev–Trinajstić information content (AvgIpc) is 2.28. The van der Waals surface area contributed by atoms with Crippen molar-refractivity contribution in [3.8, 4) is 0 Å². The lowest BCUT2D eigenvalue weighted by molar-refractivity contribution is -0.146. The third kappa shape index (κ3) is 2.95. The molecule has 0 spiro atoms. The minimum absolute atomic E-state index is 0.0868. The average molecular weight is 309 g/mol. The highest BCUT2D eigenvalue weighted by Gasteiger charge is 2.43. The van der Waals surface area contributed by atoms with E-state index in [1.54, 1.807) is 13.8 Å². The molecular weight excluding hydrogens is 297 g/mol. The van der Waals surface area contributed by atoms with Crippen molar-refractivity contribution in [1.29, 1.82) is 0 Å². The summed E-state index contributed by atoms with van der Waals surface area (Å²) in [5.74, 6) is -0.525. The normalized spacial score (nSPS) is 19.1. The van der Waals surface area contributed by atoms with Crippen LogP contribution in [0, 0.1) is 0 Å². The largest absolute Gasteiger partial charge is 0.391 e. The Morgan fingerprint density at radius 2 is 2.15 bits per heavy atom. The zero-order valence-electron chi connectivity index (χ0n) is 10.7. The number of anilines is 2. The minimum Gasteiger partial charge on any atom is -0.340 e. The summed E-state index contributed by atoms with van der Waals surface area (Å²) in [6.45, 7) is 3.36. The van der Waals surface area contributed by atoms with Gasteiger partial charge >= 0.3 is 6.18 Å². The van der Waals surface area contributed by atoms with E-state index < -0.39 is 24.5 Å². The number of fused-ring (bicyclic) bond motifs is 1. The summed E-state index contributed by atoms with van der Waals surface area (Å²) in [6.07, 6.45) is -4.43. The van der Waals surface area contributed by atoms with Crippen LogP contribution in [0.3, 0.4) is 0 Å². The Morgan fingerprint density at radius 1 is 1.50 bits per heavy atom. The Hall–Kier alpha value is -1.57. The highest BCUT2D eigenvalue weighted by molar-refractivity contribution is 6.28. The van der Waals surface area contributed by atoms with Gasteiger partial charge in [-0.05, 0) is 25.4 Å². The van der Waals surface area contributed by atoms with Gasteiger partial charge in [0.05, 0.1) is 12.6 Å². The highest BCUT2D eigenvalue weighted by atomic mass is 35.5. The molecule has 1 aromatic rings. The number of rotatable bonds is 2. The van der Waals surface area contributed by atoms with Gasteiger partial charge in [0.15, 0.2) is 5.82 Å². The van der Waals surface area contributed by atoms with Gasteiger partial charge in [0.2, 0.25) is 11.2 Å². The molecule has 2 rings (SSSR count). The number of alkyl halides is 3. The molecule has 5 nitrogen and oxygen atoms in total. The van der Waals surface area contributed by atoms with Gasteiger partial charge in [0, 0.05) is 6.04 Å². The number of nitrogens with one attached hydrogen (secondary N) is 1. The van der Waals surface area contributed by atoms with Crippen LogP contribution in [-0.2, 0) is 4.79 Å². The van der Waals surface area contributed by atoms with Crippen molar-refractivity contribution in [1.82, 2.24) is 9.97 Å². The zero-order chi connectivity index (χ0) is 15.1. The fraction of sp³-hybridized carbons (Fsp3) is 0.545. The van der Waals surface area contributed by atoms with Gasteiger partial charge in [-0.1, -0.05) is 0 Å². The standard InChI is InChI=1S/C11H12ClF3N4O/c1-5(2)19-7(3-11(13,14)15)9(20)17-6-4-16-10(12)18-8(6)19/h4-5,7H,3H2,1-2H3,(H,17,20). The maximum absolute atomic E-state index is 12.6. The summed E-state index contributed by atoms with van der Waals surface area (Å²) in [7, 11) is 0. The third-order valence-corrected chi connectivity index (χ3v) is 3.04. The molecule has 0 fully saturated rings. The third-order valence-electron chi connectivity index (χ3n) is 2.86. The molecule has 1 amide bonds. The fourth-order valence-corrected chi connectivity index (χ4v) is 2.27. The second kappa shape index (κ2) is 5.08. The second-order valence-corrected chi connectivity index (χ2v) is 5.04. The van der Waals surface area contributed by atoms with E-state index in [1.807, 2.05) is 0 Å². The Labute approximate surface area is 118 Å². The van der Waals surface area contributed by atoms with Gasteiger partial charge in [-0.25, -0.2) is 4.98 Å². The summed E-state index contributed by atoms with van der Waals surface area (Å²) < 4.78 is 37.9. The van der Waals surface area contributed by atoms with Crippen LogP contribution in [-0.4, -0.2) is 34.1 Å². The van der Waals surface area contributed by atoms with E-state index in [9.17, 15) is 18.0 Å². The number of aromatic nitrogens is 2. The first-order valence-corrected chi connectivity index (χ1v) is 6.25. The molecule has 0 saturated carbocycles. The van der Waals surface area contributed by atoms with Gasteiger partial charge in [-0.15, -0.1) is 0 Å². The molecule has 0 bridgehead atoms. The second-order valence-electron chi connectivity index (χ2n) is 4.70. The molecular formula is C11H12ClF3N4O. The molecule has 1 aliphatic heterocycles. The highest BCUT2D eigenvalue weighted by Crippen LogP contribution is 2.36. The fourth-order valence-electron chi connectivity index (χ4n) is 2.14. The lowest BCUT2D eigenvalue weighted by Crippen LogP contribution is -2.53. The number of halogens is 4. The SMILES string of the molecule is CC(C)N1c2nc(Cl)ncc2NC(=O)C1CC(F)(F)F. The van der Waals surface area contributed by atoms with Crippen LogP contribution < -0.4 is 10.2 Å². The van der Waals surface area contributed by atoms with E-state index in [4.69, 9.17) is 11.6 Å². The molecule has 1 unspecified atom stereocenters.